The molecule has 0 aliphatic rings. The zero-order chi connectivity index (χ0) is 11.0. The minimum atomic E-state index is -0.915. The van der Waals surface area contributed by atoms with Gasteiger partial charge in [0, 0.05) is 4.53 Å². The minimum absolute atomic E-state index is 0.0808. The molecule has 0 aliphatic heterocycles. The quantitative estimate of drug-likeness (QED) is 0.638. The fourth-order valence-corrected chi connectivity index (χ4v) is 0.758. The molecule has 0 fully saturated rings. The van der Waals surface area contributed by atoms with Crippen LogP contribution in [0.3, 0.4) is 0 Å². The first-order chi connectivity index (χ1) is 6.56. The molecule has 0 aromatic heterocycles. The van der Waals surface area contributed by atoms with Crippen LogP contribution in [0.2, 0.25) is 0 Å². The number of rotatable bonds is 7. The van der Waals surface area contributed by atoms with Crippen LogP contribution in [-0.2, 0) is 19.2 Å². The van der Waals surface area contributed by atoms with E-state index in [0.717, 1.165) is 0 Å². The van der Waals surface area contributed by atoms with E-state index in [4.69, 9.17) is 9.47 Å². The Hall–Kier alpha value is -0.680. The first-order valence-corrected chi connectivity index (χ1v) is 4.61. The summed E-state index contributed by atoms with van der Waals surface area (Å²) in [6.07, 6.45) is -0.0376. The highest BCUT2D eigenvalue weighted by atomic mass is 19.3. The van der Waals surface area contributed by atoms with Crippen molar-refractivity contribution in [1.29, 1.82) is 0 Å². The smallest absolute Gasteiger partial charge is 0.351 e. The van der Waals surface area contributed by atoms with E-state index < -0.39 is 5.97 Å². The summed E-state index contributed by atoms with van der Waals surface area (Å²) in [5.41, 5.74) is 0. The molecule has 0 spiro atoms. The predicted octanol–water partition coefficient (Wildman–Crippen LogP) is 1.63. The van der Waals surface area contributed by atoms with Gasteiger partial charge in [-0.1, -0.05) is 0 Å². The molecule has 5 heteroatoms. The number of hydrogen-bond acceptors (Lipinski definition) is 4. The third-order valence-electron chi connectivity index (χ3n) is 1.46. The summed E-state index contributed by atoms with van der Waals surface area (Å²) in [6, 6.07) is 0. The largest absolute Gasteiger partial charge is 0.376 e. The van der Waals surface area contributed by atoms with Gasteiger partial charge in [-0.3, -0.25) is 4.94 Å². The van der Waals surface area contributed by atoms with Gasteiger partial charge in [-0.05, 0) is 20.8 Å². The Morgan fingerprint density at radius 1 is 1.29 bits per heavy atom. The summed E-state index contributed by atoms with van der Waals surface area (Å²) in [6.45, 7) is 6.28. The summed E-state index contributed by atoms with van der Waals surface area (Å²) in [5.74, 6) is -0.915. The molecule has 14 heavy (non-hydrogen) atoms. The molecule has 0 N–H and O–H groups in total. The van der Waals surface area contributed by atoms with E-state index in [1.165, 1.54) is 0 Å². The Balaban J connectivity index is 3.35. The number of halogens is 1. The van der Waals surface area contributed by atoms with Gasteiger partial charge in [-0.15, -0.1) is 0 Å². The van der Waals surface area contributed by atoms with Crippen LogP contribution in [0.4, 0.5) is 4.53 Å². The highest BCUT2D eigenvalue weighted by molar-refractivity contribution is 5.68. The Labute approximate surface area is 83.2 Å². The molecule has 0 aliphatic carbocycles. The normalized spacial score (nSPS) is 12.9. The van der Waals surface area contributed by atoms with E-state index in [9.17, 15) is 9.32 Å². The molecule has 0 heterocycles. The van der Waals surface area contributed by atoms with Gasteiger partial charge in [-0.2, -0.15) is 0 Å². The number of ether oxygens (including phenoxy) is 2. The Bertz CT molecular complexity index is 161. The summed E-state index contributed by atoms with van der Waals surface area (Å²) >= 11 is 0. The molecule has 0 radical (unpaired) electrons. The minimum Gasteiger partial charge on any atom is -0.376 e. The van der Waals surface area contributed by atoms with Crippen molar-refractivity contribution in [2.45, 2.75) is 39.4 Å². The Kier molecular flexibility index (Phi) is 7.32. The highest BCUT2D eigenvalue weighted by Gasteiger charge is 2.07. The molecule has 0 aromatic carbocycles. The molecule has 0 amide bonds. The molecule has 0 rings (SSSR count). The highest BCUT2D eigenvalue weighted by Crippen LogP contribution is 1.97. The standard InChI is InChI=1S/C9H17FO4/c1-7(2)13-6-8(3)12-5-4-9(11)14-10/h7-8H,4-6H2,1-3H3. The van der Waals surface area contributed by atoms with Gasteiger partial charge in [0.1, 0.15) is 0 Å². The fourth-order valence-electron chi connectivity index (χ4n) is 0.758. The van der Waals surface area contributed by atoms with Crippen LogP contribution < -0.4 is 0 Å². The van der Waals surface area contributed by atoms with Crippen LogP contribution in [-0.4, -0.2) is 31.4 Å². The van der Waals surface area contributed by atoms with Crippen molar-refractivity contribution in [3.8, 4) is 0 Å². The molecule has 0 saturated heterocycles. The van der Waals surface area contributed by atoms with Crippen molar-refractivity contribution in [3.05, 3.63) is 0 Å². The summed E-state index contributed by atoms with van der Waals surface area (Å²) in [5, 5.41) is 0. The molecular weight excluding hydrogens is 191 g/mol. The molecule has 0 saturated carbocycles. The second-order valence-corrected chi connectivity index (χ2v) is 3.26. The topological polar surface area (TPSA) is 44.8 Å². The number of carbonyl (C=O) groups excluding carboxylic acids is 1. The van der Waals surface area contributed by atoms with E-state index in [1.54, 1.807) is 0 Å². The van der Waals surface area contributed by atoms with E-state index in [2.05, 4.69) is 4.94 Å². The van der Waals surface area contributed by atoms with Gasteiger partial charge in [-0.25, -0.2) is 4.79 Å². The maximum Gasteiger partial charge on any atom is 0.351 e. The molecule has 1 unspecified atom stereocenters. The lowest BCUT2D eigenvalue weighted by Crippen LogP contribution is -2.20. The Morgan fingerprint density at radius 3 is 2.43 bits per heavy atom. The zero-order valence-electron chi connectivity index (χ0n) is 8.79. The average Bonchev–Trinajstić information content (AvgIpc) is 2.14. The van der Waals surface area contributed by atoms with Gasteiger partial charge in [0.2, 0.25) is 0 Å². The maximum atomic E-state index is 11.2. The first-order valence-electron chi connectivity index (χ1n) is 4.61. The number of carbonyl (C=O) groups is 1. The molecule has 4 nitrogen and oxygen atoms in total. The lowest BCUT2D eigenvalue weighted by molar-refractivity contribution is -0.185. The van der Waals surface area contributed by atoms with E-state index >= 15 is 0 Å². The second kappa shape index (κ2) is 7.70. The predicted molar refractivity (Wildman–Crippen MR) is 48.3 cm³/mol. The lowest BCUT2D eigenvalue weighted by atomic mass is 10.4. The molecule has 1 atom stereocenters. The van der Waals surface area contributed by atoms with Gasteiger partial charge in [0.15, 0.2) is 0 Å². The SMILES string of the molecule is CC(C)OCC(C)OCCC(=O)OF. The van der Waals surface area contributed by atoms with E-state index in [1.807, 2.05) is 20.8 Å². The van der Waals surface area contributed by atoms with Crippen molar-refractivity contribution < 1.29 is 23.7 Å². The average molecular weight is 208 g/mol. The third-order valence-corrected chi connectivity index (χ3v) is 1.46. The van der Waals surface area contributed by atoms with E-state index in [-0.39, 0.29) is 25.2 Å². The zero-order valence-corrected chi connectivity index (χ0v) is 8.79. The summed E-state index contributed by atoms with van der Waals surface area (Å²) in [7, 11) is 0. The van der Waals surface area contributed by atoms with Crippen molar-refractivity contribution in [2.75, 3.05) is 13.2 Å². The first kappa shape index (κ1) is 13.3. The number of hydrogen-bond donors (Lipinski definition) is 0. The van der Waals surface area contributed by atoms with Crippen LogP contribution in [0.5, 0.6) is 0 Å². The monoisotopic (exact) mass is 208 g/mol. The maximum absolute atomic E-state index is 11.2. The van der Waals surface area contributed by atoms with Crippen LogP contribution in [0.15, 0.2) is 0 Å². The third kappa shape index (κ3) is 7.94. The molecule has 0 bridgehead atoms. The van der Waals surface area contributed by atoms with Gasteiger partial charge >= 0.3 is 5.97 Å². The van der Waals surface area contributed by atoms with E-state index in [0.29, 0.717) is 6.61 Å². The van der Waals surface area contributed by atoms with Crippen molar-refractivity contribution in [3.63, 3.8) is 0 Å². The van der Waals surface area contributed by atoms with Gasteiger partial charge < -0.3 is 9.47 Å². The van der Waals surface area contributed by atoms with Gasteiger partial charge in [0.25, 0.3) is 0 Å². The van der Waals surface area contributed by atoms with Crippen LogP contribution >= 0.6 is 0 Å². The van der Waals surface area contributed by atoms with Gasteiger partial charge in [0.05, 0.1) is 31.8 Å². The second-order valence-electron chi connectivity index (χ2n) is 3.26. The summed E-state index contributed by atoms with van der Waals surface area (Å²) < 4.78 is 21.7. The van der Waals surface area contributed by atoms with Crippen LogP contribution in [0.1, 0.15) is 27.2 Å². The molecule has 84 valence electrons. The van der Waals surface area contributed by atoms with Crippen LogP contribution in [0, 0.1) is 0 Å². The van der Waals surface area contributed by atoms with Crippen molar-refractivity contribution >= 4 is 5.97 Å². The lowest BCUT2D eigenvalue weighted by Gasteiger charge is -2.14. The molecule has 0 aromatic rings. The molecular formula is C9H17FO4. The fraction of sp³-hybridized carbons (Fsp3) is 0.889. The van der Waals surface area contributed by atoms with Crippen molar-refractivity contribution in [2.24, 2.45) is 0 Å². The van der Waals surface area contributed by atoms with Crippen LogP contribution in [0.25, 0.3) is 0 Å². The van der Waals surface area contributed by atoms with Crippen molar-refractivity contribution in [1.82, 2.24) is 0 Å². The Morgan fingerprint density at radius 2 is 1.93 bits per heavy atom. The summed E-state index contributed by atoms with van der Waals surface area (Å²) in [4.78, 5) is 13.3.